The van der Waals surface area contributed by atoms with E-state index in [1.165, 1.54) is 0 Å². The number of aliphatic hydroxyl groups is 28. The molecular weight excluding hydrogens is 1950 g/mol. The number of aromatic amines is 4. The maximum absolute atomic E-state index is 11.6. The Bertz CT molecular complexity index is 5530. The van der Waals surface area contributed by atoms with Gasteiger partial charge >= 0.3 is 0 Å². The molecule has 16 rings (SSSR count). The largest absolute Gasteiger partial charge is 0.491 e. The predicted octanol–water partition coefficient (Wildman–Crippen LogP) is -13.7. The quantitative estimate of drug-likeness (QED) is 0.0159. The van der Waals surface area contributed by atoms with Crippen LogP contribution >= 0.6 is 0 Å². The predicted molar refractivity (Wildman–Crippen MR) is 487 cm³/mol. The highest BCUT2D eigenvalue weighted by molar-refractivity contribution is 5.83. The summed E-state index contributed by atoms with van der Waals surface area (Å²) < 4.78 is 106. The smallest absolute Gasteiger partial charge is 0.187 e. The molecule has 11 heterocycles. The van der Waals surface area contributed by atoms with E-state index in [1.54, 1.807) is 97.1 Å². The van der Waals surface area contributed by atoms with Crippen LogP contribution in [0.3, 0.4) is 0 Å². The zero-order valence-corrected chi connectivity index (χ0v) is 78.2. The molecule has 808 valence electrons. The SMILES string of the molecule is OCC1O[C@@H](OCCOc2ccc(C3=c4ccc([nH]4)=C(c4ccc(OCCO[C@@H]5C[C@H](CO)C(O[C@@H]6C[C@H](CO)[C@H](O)[C@H](O)C6O)[C@H](O)C5O)cc4)c4ccc([nH]4)C(OCCO[C@@H]4O[C@H](CO)[C@H](O[C@@H]5O[C@H](CO)[C@H](O)[C@H](O)[C@@H]5O)[C@H](O)[C@@H]4O)=c4ccc([nH]4)=C(c4ccc(OCCO[C@@H]5O[C@H](CO)[C@H](O[C@@H]6O[C@H](CO)[C@H](O)[C@H](O)C6O)[C@H](O)[C@@H]5O)cc4)c4ccc3[nH]4)cc2)C(O)C(O)C1OC1O[C@H](CO)[C@H](O)[C@H](O)C1O. The zero-order valence-electron chi connectivity index (χ0n) is 78.2. The molecule has 10 unspecified atom stereocenters. The van der Waals surface area contributed by atoms with E-state index in [4.69, 9.17) is 85.3 Å². The lowest BCUT2D eigenvalue weighted by atomic mass is 9.78. The summed E-state index contributed by atoms with van der Waals surface area (Å²) in [5.41, 5.74) is 5.51. The van der Waals surface area contributed by atoms with Crippen LogP contribution in [0.5, 0.6) is 17.2 Å². The summed E-state index contributed by atoms with van der Waals surface area (Å²) >= 11 is 0. The zero-order chi connectivity index (χ0) is 104. The Balaban J connectivity index is 0.690. The standard InChI is InChI=1S/C96H128N4O46/c101-31-42-29-56(68(111)72(115)66(42)109)137-86-43(32-102)30-55(67(110)76(86)119)132-24-21-129-44-7-3-40(4-8-44)64-49-15-13-47(97-49)63(39-1-9-45(10-2-39)130-22-26-134-91-83(126)77(120)88(60(36-106)141-91)144-94-80(123)73(116)69(112)57(33-103)138-94)48-14-16-50(98-48)65(41-5-11-46(12-6-41)131-23-27-135-92-84(127)78(121)89(61(37-107)142-92)145-95-81(124)74(117)70(113)58(34-104)139-95)52-18-20-54(100-52)87(53-19-17-51(64)99-53)133-25-28-136-93-85(128)79(122)90(62(38-108)143-93)146-96-82(125)75(118)71(114)59(35-105)140-96/h1-20,42-43,55-62,66-86,88-128H,21-38H2/t42-,43-,55-,56-,57-,58-,59-,60?,61-,62-,66+,67?,68?,69+,70+,71+,72+,73+,74+,75+,76-,77?,78-,79-,80?,81?,82+,83?,84+,85+,86?,88?,89+,90+,91-,92-,93-,94?,95+,96+/m1/s1. The van der Waals surface area contributed by atoms with E-state index in [9.17, 15) is 143 Å². The van der Waals surface area contributed by atoms with Crippen molar-refractivity contribution in [3.05, 3.63) is 182 Å². The molecule has 40 atom stereocenters. The van der Waals surface area contributed by atoms with Crippen molar-refractivity contribution in [2.45, 2.75) is 246 Å². The van der Waals surface area contributed by atoms with Gasteiger partial charge in [0.15, 0.2) is 43.5 Å². The minimum absolute atomic E-state index is 0.0173. The first-order valence-electron chi connectivity index (χ1n) is 47.9. The molecule has 2 saturated carbocycles. The number of hydrogen-bond donors (Lipinski definition) is 32. The molecule has 4 aromatic heterocycles. The molecule has 8 bridgehead atoms. The van der Waals surface area contributed by atoms with Crippen LogP contribution < -0.4 is 35.6 Å². The van der Waals surface area contributed by atoms with Crippen LogP contribution in [0.1, 0.15) is 52.3 Å². The minimum Gasteiger partial charge on any atom is -0.491 e. The fraction of sp³-hybridized carbons (Fsp3) is 0.604. The van der Waals surface area contributed by atoms with Crippen molar-refractivity contribution in [1.82, 2.24) is 19.9 Å². The highest BCUT2D eigenvalue weighted by Crippen LogP contribution is 2.40. The molecule has 0 radical (unpaired) electrons. The number of H-pyrrole nitrogens is 4. The maximum atomic E-state index is 11.6. The third kappa shape index (κ3) is 23.8. The number of rotatable bonds is 39. The fourth-order valence-corrected chi connectivity index (χ4v) is 19.5. The summed E-state index contributed by atoms with van der Waals surface area (Å²) in [5, 5.41) is 300. The van der Waals surface area contributed by atoms with Crippen LogP contribution in [-0.4, -0.2) is 502 Å². The van der Waals surface area contributed by atoms with Gasteiger partial charge in [-0.25, -0.2) is 0 Å². The van der Waals surface area contributed by atoms with E-state index >= 15 is 0 Å². The first-order chi connectivity index (χ1) is 70.3. The van der Waals surface area contributed by atoms with Gasteiger partial charge in [0.25, 0.3) is 0 Å². The van der Waals surface area contributed by atoms with E-state index < -0.39 is 298 Å². The van der Waals surface area contributed by atoms with Crippen LogP contribution in [0, 0.1) is 11.8 Å². The number of aliphatic hydroxyl groups excluding tert-OH is 28. The summed E-state index contributed by atoms with van der Waals surface area (Å²) in [6.45, 7) is -7.70. The van der Waals surface area contributed by atoms with E-state index in [0.717, 1.165) is 0 Å². The molecule has 7 aromatic rings. The maximum Gasteiger partial charge on any atom is 0.187 e. The Labute approximate surface area is 830 Å². The number of hydrogen-bond acceptors (Lipinski definition) is 46. The number of nitrogens with one attached hydrogen (secondary N) is 4. The monoisotopic (exact) mass is 2070 g/mol. The van der Waals surface area contributed by atoms with Crippen LogP contribution in [0.2, 0.25) is 0 Å². The third-order valence-corrected chi connectivity index (χ3v) is 27.7. The van der Waals surface area contributed by atoms with Gasteiger partial charge < -0.3 is 248 Å². The van der Waals surface area contributed by atoms with Crippen molar-refractivity contribution in [3.8, 4) is 17.2 Å². The lowest BCUT2D eigenvalue weighted by Crippen LogP contribution is -2.64. The summed E-state index contributed by atoms with van der Waals surface area (Å²) in [6, 6.07) is 35.5. The summed E-state index contributed by atoms with van der Waals surface area (Å²) in [6.07, 6.45) is -62.6. The van der Waals surface area contributed by atoms with Crippen LogP contribution in [-0.2, 0) is 71.1 Å². The van der Waals surface area contributed by atoms with Crippen molar-refractivity contribution in [2.75, 3.05) is 106 Å². The van der Waals surface area contributed by atoms with Crippen molar-refractivity contribution >= 4 is 22.5 Å². The molecule has 0 spiro atoms. The number of fused-ring (bicyclic) bond motifs is 8. The topological polar surface area (TPSA) is 796 Å². The minimum atomic E-state index is -1.92. The average Bonchev–Trinajstić information content (AvgIpc) is 1.61. The molecule has 32 N–H and O–H groups in total. The molecule has 50 heteroatoms. The van der Waals surface area contributed by atoms with Crippen LogP contribution in [0.4, 0.5) is 0 Å². The van der Waals surface area contributed by atoms with E-state index in [1.807, 2.05) is 24.3 Å². The van der Waals surface area contributed by atoms with Gasteiger partial charge in [0.05, 0.1) is 102 Å². The number of ether oxygens (including phenoxy) is 18. The molecule has 3 aromatic carbocycles. The van der Waals surface area contributed by atoms with Crippen molar-refractivity contribution in [3.63, 3.8) is 0 Å². The summed E-state index contributed by atoms with van der Waals surface area (Å²) in [5.74, 6) is -0.500. The molecule has 50 nitrogen and oxygen atoms in total. The molecule has 6 saturated heterocycles. The second-order valence-electron chi connectivity index (χ2n) is 37.0. The molecule has 8 fully saturated rings. The second-order valence-corrected chi connectivity index (χ2v) is 37.0. The molecular formula is C96H128N4O46. The number of benzene rings is 3. The Morgan fingerprint density at radius 2 is 0.507 bits per heavy atom. The third-order valence-electron chi connectivity index (χ3n) is 27.7. The Hall–Kier alpha value is -8.22. The summed E-state index contributed by atoms with van der Waals surface area (Å²) in [7, 11) is 0. The lowest BCUT2D eigenvalue weighted by Gasteiger charge is -2.46. The molecule has 146 heavy (non-hydrogen) atoms. The molecule has 9 aliphatic rings. The van der Waals surface area contributed by atoms with Crippen molar-refractivity contribution in [1.29, 1.82) is 0 Å². The first-order valence-corrected chi connectivity index (χ1v) is 47.9. The average molecular weight is 2070 g/mol. The van der Waals surface area contributed by atoms with E-state index in [2.05, 4.69) is 19.9 Å². The van der Waals surface area contributed by atoms with Gasteiger partial charge in [-0.3, -0.25) is 0 Å². The van der Waals surface area contributed by atoms with Crippen molar-refractivity contribution < 1.29 is 228 Å². The Morgan fingerprint density at radius 3 is 0.863 bits per heavy atom. The second kappa shape index (κ2) is 49.5. The highest BCUT2D eigenvalue weighted by atomic mass is 16.8. The van der Waals surface area contributed by atoms with Gasteiger partial charge in [0.1, 0.15) is 215 Å². The molecule has 0 amide bonds. The first kappa shape index (κ1) is 110. The van der Waals surface area contributed by atoms with Gasteiger partial charge in [0.2, 0.25) is 0 Å². The Kier molecular flexibility index (Phi) is 37.4. The van der Waals surface area contributed by atoms with Gasteiger partial charge in [-0.15, -0.1) is 0 Å². The normalized spacial score (nSPS) is 37.7. The fourth-order valence-electron chi connectivity index (χ4n) is 19.5. The Morgan fingerprint density at radius 1 is 0.219 bits per heavy atom. The van der Waals surface area contributed by atoms with E-state index in [0.29, 0.717) is 94.8 Å². The van der Waals surface area contributed by atoms with Crippen molar-refractivity contribution in [2.24, 2.45) is 11.8 Å². The lowest BCUT2D eigenvalue weighted by molar-refractivity contribution is -0.359. The van der Waals surface area contributed by atoms with Crippen LogP contribution in [0.15, 0.2) is 121 Å². The van der Waals surface area contributed by atoms with Gasteiger partial charge in [-0.2, -0.15) is 0 Å². The molecule has 7 aliphatic heterocycles. The number of aromatic nitrogens is 4. The van der Waals surface area contributed by atoms with E-state index in [-0.39, 0.29) is 71.5 Å². The summed E-state index contributed by atoms with van der Waals surface area (Å²) in [4.78, 5) is 14.5. The van der Waals surface area contributed by atoms with Gasteiger partial charge in [-0.05, 0) is 114 Å². The van der Waals surface area contributed by atoms with Gasteiger partial charge in [-0.1, -0.05) is 36.4 Å². The van der Waals surface area contributed by atoms with Crippen LogP contribution in [0.25, 0.3) is 22.5 Å². The highest BCUT2D eigenvalue weighted by Gasteiger charge is 2.57. The molecule has 2 aliphatic carbocycles. The van der Waals surface area contributed by atoms with Gasteiger partial charge in [0, 0.05) is 74.9 Å².